The average Bonchev–Trinajstić information content (AvgIpc) is 2.96. The third-order valence-corrected chi connectivity index (χ3v) is 7.38. The van der Waals surface area contributed by atoms with Gasteiger partial charge in [0.15, 0.2) is 0 Å². The van der Waals surface area contributed by atoms with E-state index in [1.54, 1.807) is 0 Å². The van der Waals surface area contributed by atoms with Gasteiger partial charge >= 0.3 is 0 Å². The van der Waals surface area contributed by atoms with Crippen molar-refractivity contribution in [3.05, 3.63) is 58.4 Å². The quantitative estimate of drug-likeness (QED) is 0.424. The maximum Gasteiger partial charge on any atom is 0.293 e. The molecule has 0 atom stereocenters. The minimum Gasteiger partial charge on any atom is -0.379 e. The Balaban J connectivity index is 1.49. The number of nitrogens with one attached hydrogen (secondary N) is 2. The third kappa shape index (κ3) is 4.70. The van der Waals surface area contributed by atoms with E-state index >= 15 is 0 Å². The smallest absolute Gasteiger partial charge is 0.293 e. The van der Waals surface area contributed by atoms with Crippen molar-refractivity contribution in [1.29, 1.82) is 0 Å². The molecule has 2 heterocycles. The molecule has 9 nitrogen and oxygen atoms in total. The summed E-state index contributed by atoms with van der Waals surface area (Å²) in [5.74, 6) is 0.775. The first kappa shape index (κ1) is 21.3. The van der Waals surface area contributed by atoms with Crippen LogP contribution >= 0.6 is 0 Å². The molecule has 1 fully saturated rings. The highest BCUT2D eigenvalue weighted by molar-refractivity contribution is 7.89. The molecule has 164 valence electrons. The van der Waals surface area contributed by atoms with Gasteiger partial charge < -0.3 is 10.3 Å². The SMILES string of the molecule is O=[N+]([O-])c1cc(S(=O)(=O)N2CCCCCC2)ccc1NCCc1nc2ccccc2[nH]1. The fourth-order valence-electron chi connectivity index (χ4n) is 3.84. The van der Waals surface area contributed by atoms with Crippen molar-refractivity contribution in [2.24, 2.45) is 0 Å². The van der Waals surface area contributed by atoms with Crippen molar-refractivity contribution >= 4 is 32.4 Å². The molecule has 1 aliphatic rings. The van der Waals surface area contributed by atoms with E-state index in [2.05, 4.69) is 15.3 Å². The number of aromatic nitrogens is 2. The van der Waals surface area contributed by atoms with Gasteiger partial charge in [0.25, 0.3) is 5.69 Å². The Morgan fingerprint density at radius 3 is 2.55 bits per heavy atom. The van der Waals surface area contributed by atoms with E-state index in [9.17, 15) is 18.5 Å². The molecular formula is C21H25N5O4S. The number of H-pyrrole nitrogens is 1. The Kier molecular flexibility index (Phi) is 6.19. The van der Waals surface area contributed by atoms with Crippen LogP contribution in [-0.4, -0.2) is 47.2 Å². The highest BCUT2D eigenvalue weighted by atomic mass is 32.2. The van der Waals surface area contributed by atoms with Crippen LogP contribution < -0.4 is 5.32 Å². The van der Waals surface area contributed by atoms with Crippen LogP contribution in [0.1, 0.15) is 31.5 Å². The van der Waals surface area contributed by atoms with Gasteiger partial charge in [-0.1, -0.05) is 25.0 Å². The molecule has 0 unspecified atom stereocenters. The number of imidazole rings is 1. The molecule has 1 saturated heterocycles. The number of nitrogens with zero attached hydrogens (tertiary/aromatic N) is 3. The number of anilines is 1. The predicted octanol–water partition coefficient (Wildman–Crippen LogP) is 3.69. The number of nitro groups is 1. The van der Waals surface area contributed by atoms with Crippen LogP contribution in [0.3, 0.4) is 0 Å². The van der Waals surface area contributed by atoms with Crippen molar-refractivity contribution in [2.45, 2.75) is 37.0 Å². The number of fused-ring (bicyclic) bond motifs is 1. The summed E-state index contributed by atoms with van der Waals surface area (Å²) >= 11 is 0. The molecule has 10 heteroatoms. The van der Waals surface area contributed by atoms with Crippen LogP contribution in [0.2, 0.25) is 0 Å². The third-order valence-electron chi connectivity index (χ3n) is 5.48. The summed E-state index contributed by atoms with van der Waals surface area (Å²) in [7, 11) is -3.75. The van der Waals surface area contributed by atoms with Crippen molar-refractivity contribution in [2.75, 3.05) is 25.0 Å². The van der Waals surface area contributed by atoms with E-state index in [-0.39, 0.29) is 16.3 Å². The van der Waals surface area contributed by atoms with E-state index in [0.29, 0.717) is 26.1 Å². The summed E-state index contributed by atoms with van der Waals surface area (Å²) in [6.45, 7) is 1.32. The maximum absolute atomic E-state index is 13.0. The lowest BCUT2D eigenvalue weighted by Gasteiger charge is -2.20. The summed E-state index contributed by atoms with van der Waals surface area (Å²) in [5.41, 5.74) is 1.84. The van der Waals surface area contributed by atoms with E-state index < -0.39 is 14.9 Å². The second kappa shape index (κ2) is 9.03. The zero-order chi connectivity index (χ0) is 21.8. The predicted molar refractivity (Wildman–Crippen MR) is 119 cm³/mol. The first-order valence-corrected chi connectivity index (χ1v) is 11.9. The topological polar surface area (TPSA) is 121 Å². The number of rotatable bonds is 7. The lowest BCUT2D eigenvalue weighted by Crippen LogP contribution is -2.32. The van der Waals surface area contributed by atoms with Gasteiger partial charge in [0.1, 0.15) is 11.5 Å². The molecule has 0 aliphatic carbocycles. The van der Waals surface area contributed by atoms with Gasteiger partial charge in [-0.2, -0.15) is 4.31 Å². The van der Waals surface area contributed by atoms with Crippen molar-refractivity contribution < 1.29 is 13.3 Å². The molecule has 2 aromatic carbocycles. The van der Waals surface area contributed by atoms with E-state index in [4.69, 9.17) is 0 Å². The van der Waals surface area contributed by atoms with Gasteiger partial charge in [-0.05, 0) is 37.1 Å². The minimum atomic E-state index is -3.75. The largest absolute Gasteiger partial charge is 0.379 e. The highest BCUT2D eigenvalue weighted by Crippen LogP contribution is 2.30. The average molecular weight is 444 g/mol. The number of aromatic amines is 1. The second-order valence-electron chi connectivity index (χ2n) is 7.63. The Bertz CT molecular complexity index is 1150. The molecule has 2 N–H and O–H groups in total. The summed E-state index contributed by atoms with van der Waals surface area (Å²) in [6.07, 6.45) is 4.16. The molecule has 0 amide bonds. The van der Waals surface area contributed by atoms with Crippen LogP contribution in [0.4, 0.5) is 11.4 Å². The molecule has 3 aromatic rings. The molecule has 0 spiro atoms. The zero-order valence-corrected chi connectivity index (χ0v) is 17.9. The van der Waals surface area contributed by atoms with Crippen molar-refractivity contribution in [1.82, 2.24) is 14.3 Å². The molecule has 1 aromatic heterocycles. The lowest BCUT2D eigenvalue weighted by molar-refractivity contribution is -0.384. The molecule has 0 bridgehead atoms. The fraction of sp³-hybridized carbons (Fsp3) is 0.381. The fourth-order valence-corrected chi connectivity index (χ4v) is 5.38. The highest BCUT2D eigenvalue weighted by Gasteiger charge is 2.28. The monoisotopic (exact) mass is 443 g/mol. The maximum atomic E-state index is 13.0. The Hall–Kier alpha value is -2.98. The van der Waals surface area contributed by atoms with Gasteiger partial charge in [-0.15, -0.1) is 0 Å². The lowest BCUT2D eigenvalue weighted by atomic mass is 10.2. The van der Waals surface area contributed by atoms with Crippen molar-refractivity contribution in [3.8, 4) is 0 Å². The van der Waals surface area contributed by atoms with E-state index in [0.717, 1.165) is 48.6 Å². The normalized spacial score (nSPS) is 15.6. The summed E-state index contributed by atoms with van der Waals surface area (Å²) in [4.78, 5) is 18.7. The number of nitro benzene ring substituents is 1. The van der Waals surface area contributed by atoms with Crippen LogP contribution in [0.5, 0.6) is 0 Å². The minimum absolute atomic E-state index is 0.0380. The standard InChI is InChI=1S/C21H25N5O4S/c27-26(28)20-15-16(31(29,30)25-13-5-1-2-6-14-25)9-10-19(20)22-12-11-21-23-17-7-3-4-8-18(17)24-21/h3-4,7-10,15,22H,1-2,5-6,11-14H2,(H,23,24). The summed E-state index contributed by atoms with van der Waals surface area (Å²) < 4.78 is 27.4. The first-order chi connectivity index (χ1) is 14.9. The van der Waals surface area contributed by atoms with Gasteiger partial charge in [0, 0.05) is 32.1 Å². The molecule has 0 saturated carbocycles. The van der Waals surface area contributed by atoms with Crippen LogP contribution in [0.15, 0.2) is 47.4 Å². The number of para-hydroxylation sites is 2. The molecule has 4 rings (SSSR count). The van der Waals surface area contributed by atoms with Crippen LogP contribution in [0.25, 0.3) is 11.0 Å². The Labute approximate surface area is 180 Å². The number of benzene rings is 2. The number of sulfonamides is 1. The van der Waals surface area contributed by atoms with Crippen molar-refractivity contribution in [3.63, 3.8) is 0 Å². The van der Waals surface area contributed by atoms with E-state index in [1.165, 1.54) is 16.4 Å². The van der Waals surface area contributed by atoms with Crippen LogP contribution in [0, 0.1) is 10.1 Å². The number of hydrogen-bond acceptors (Lipinski definition) is 6. The number of hydrogen-bond donors (Lipinski definition) is 2. The van der Waals surface area contributed by atoms with Gasteiger partial charge in [-0.3, -0.25) is 10.1 Å². The molecule has 1 aliphatic heterocycles. The molecule has 31 heavy (non-hydrogen) atoms. The zero-order valence-electron chi connectivity index (χ0n) is 17.1. The van der Waals surface area contributed by atoms with Gasteiger partial charge in [0.05, 0.1) is 20.9 Å². The first-order valence-electron chi connectivity index (χ1n) is 10.4. The Morgan fingerprint density at radius 2 is 1.84 bits per heavy atom. The van der Waals surface area contributed by atoms with Crippen LogP contribution in [-0.2, 0) is 16.4 Å². The summed E-state index contributed by atoms with van der Waals surface area (Å²) in [6, 6.07) is 11.8. The second-order valence-corrected chi connectivity index (χ2v) is 9.57. The molecule has 0 radical (unpaired) electrons. The van der Waals surface area contributed by atoms with Gasteiger partial charge in [-0.25, -0.2) is 13.4 Å². The summed E-state index contributed by atoms with van der Waals surface area (Å²) in [5, 5.41) is 14.7. The Morgan fingerprint density at radius 1 is 1.10 bits per heavy atom. The van der Waals surface area contributed by atoms with E-state index in [1.807, 2.05) is 24.3 Å². The van der Waals surface area contributed by atoms with Gasteiger partial charge in [0.2, 0.25) is 10.0 Å². The molecular weight excluding hydrogens is 418 g/mol.